The Bertz CT molecular complexity index is 888. The van der Waals surface area contributed by atoms with Crippen LogP contribution in [0, 0.1) is 0 Å². The lowest BCUT2D eigenvalue weighted by Gasteiger charge is -2.37. The fourth-order valence-corrected chi connectivity index (χ4v) is 4.24. The normalized spacial score (nSPS) is 17.0. The number of nitrogens with zero attached hydrogens (tertiary/aromatic N) is 4. The summed E-state index contributed by atoms with van der Waals surface area (Å²) in [6.07, 6.45) is 5.27. The van der Waals surface area contributed by atoms with Crippen LogP contribution in [0.15, 0.2) is 42.6 Å². The van der Waals surface area contributed by atoms with Gasteiger partial charge in [0.2, 0.25) is 5.91 Å². The second kappa shape index (κ2) is 9.15. The summed E-state index contributed by atoms with van der Waals surface area (Å²) in [7, 11) is 0. The van der Waals surface area contributed by atoms with E-state index in [4.69, 9.17) is 0 Å². The van der Waals surface area contributed by atoms with Gasteiger partial charge in [0, 0.05) is 58.1 Å². The Labute approximate surface area is 177 Å². The van der Waals surface area contributed by atoms with Crippen LogP contribution in [0.3, 0.4) is 0 Å². The Morgan fingerprint density at radius 1 is 0.900 bits per heavy atom. The smallest absolute Gasteiger partial charge is 0.256 e. The van der Waals surface area contributed by atoms with Crippen molar-refractivity contribution in [2.24, 2.45) is 0 Å². The van der Waals surface area contributed by atoms with E-state index in [1.54, 1.807) is 6.20 Å². The predicted octanol–water partition coefficient (Wildman–Crippen LogP) is 2.99. The highest BCUT2D eigenvalue weighted by Crippen LogP contribution is 2.29. The molecule has 0 unspecified atom stereocenters. The molecule has 1 aromatic carbocycles. The first-order valence-corrected chi connectivity index (χ1v) is 10.7. The number of carbonyl (C=O) groups is 2. The van der Waals surface area contributed by atoms with E-state index >= 15 is 0 Å². The van der Waals surface area contributed by atoms with Gasteiger partial charge in [0.05, 0.1) is 11.3 Å². The summed E-state index contributed by atoms with van der Waals surface area (Å²) in [6, 6.07) is 11.5. The molecule has 7 heteroatoms. The molecular formula is C23H29N5O2. The van der Waals surface area contributed by atoms with E-state index in [-0.39, 0.29) is 11.8 Å². The maximum Gasteiger partial charge on any atom is 0.256 e. The van der Waals surface area contributed by atoms with Gasteiger partial charge in [-0.3, -0.25) is 9.59 Å². The minimum absolute atomic E-state index is 0.0608. The molecule has 2 aromatic rings. The molecule has 2 amide bonds. The molecule has 2 aliphatic rings. The van der Waals surface area contributed by atoms with Gasteiger partial charge in [-0.25, -0.2) is 4.98 Å². The second-order valence-corrected chi connectivity index (χ2v) is 7.93. The SMILES string of the molecule is CC(=O)Nc1ccc(C(=O)N2CCN(c3ccccn3)CC2)c(N2CCCCC2)c1. The summed E-state index contributed by atoms with van der Waals surface area (Å²) in [5, 5.41) is 2.85. The van der Waals surface area contributed by atoms with Crippen LogP contribution in [0.5, 0.6) is 0 Å². The van der Waals surface area contributed by atoms with Gasteiger partial charge < -0.3 is 20.0 Å². The van der Waals surface area contributed by atoms with Crippen LogP contribution in [0.25, 0.3) is 0 Å². The Hall–Kier alpha value is -3.09. The maximum atomic E-state index is 13.4. The van der Waals surface area contributed by atoms with Gasteiger partial charge in [-0.1, -0.05) is 6.07 Å². The van der Waals surface area contributed by atoms with Crippen molar-refractivity contribution in [2.45, 2.75) is 26.2 Å². The molecule has 0 saturated carbocycles. The van der Waals surface area contributed by atoms with E-state index in [0.29, 0.717) is 13.1 Å². The Balaban J connectivity index is 1.52. The topological polar surface area (TPSA) is 68.8 Å². The highest BCUT2D eigenvalue weighted by molar-refractivity contribution is 6.01. The zero-order valence-corrected chi connectivity index (χ0v) is 17.5. The van der Waals surface area contributed by atoms with Crippen LogP contribution in [-0.4, -0.2) is 61.0 Å². The van der Waals surface area contributed by atoms with E-state index in [1.165, 1.54) is 13.3 Å². The number of carbonyl (C=O) groups excluding carboxylic acids is 2. The molecule has 0 radical (unpaired) electrons. The average Bonchev–Trinajstić information content (AvgIpc) is 2.79. The van der Waals surface area contributed by atoms with E-state index in [1.807, 2.05) is 41.3 Å². The van der Waals surface area contributed by atoms with E-state index in [0.717, 1.165) is 61.8 Å². The predicted molar refractivity (Wildman–Crippen MR) is 119 cm³/mol. The molecule has 158 valence electrons. The van der Waals surface area contributed by atoms with Gasteiger partial charge >= 0.3 is 0 Å². The van der Waals surface area contributed by atoms with E-state index in [2.05, 4.69) is 20.1 Å². The Kier molecular flexibility index (Phi) is 6.16. The lowest BCUT2D eigenvalue weighted by atomic mass is 10.0. The minimum atomic E-state index is -0.107. The molecule has 3 heterocycles. The highest BCUT2D eigenvalue weighted by Gasteiger charge is 2.26. The van der Waals surface area contributed by atoms with Gasteiger partial charge in [0.15, 0.2) is 0 Å². The van der Waals surface area contributed by atoms with Crippen molar-refractivity contribution in [1.82, 2.24) is 9.88 Å². The van der Waals surface area contributed by atoms with Crippen molar-refractivity contribution in [3.63, 3.8) is 0 Å². The third kappa shape index (κ3) is 4.56. The Morgan fingerprint density at radius 2 is 1.67 bits per heavy atom. The summed E-state index contributed by atoms with van der Waals surface area (Å²) in [6.45, 7) is 6.26. The number of nitrogens with one attached hydrogen (secondary N) is 1. The van der Waals surface area contributed by atoms with Crippen molar-refractivity contribution in [3.05, 3.63) is 48.2 Å². The number of anilines is 3. The van der Waals surface area contributed by atoms with Crippen molar-refractivity contribution in [2.75, 3.05) is 54.4 Å². The standard InChI is InChI=1S/C23H29N5O2/c1-18(29)25-19-8-9-20(21(17-19)26-11-5-2-6-12-26)23(30)28-15-13-27(14-16-28)22-7-3-4-10-24-22/h3-4,7-10,17H,2,5-6,11-16H2,1H3,(H,25,29). The third-order valence-corrected chi connectivity index (χ3v) is 5.79. The van der Waals surface area contributed by atoms with Crippen molar-refractivity contribution in [1.29, 1.82) is 0 Å². The van der Waals surface area contributed by atoms with Gasteiger partial charge in [-0.2, -0.15) is 0 Å². The molecular weight excluding hydrogens is 378 g/mol. The molecule has 1 aromatic heterocycles. The minimum Gasteiger partial charge on any atom is -0.371 e. The first-order valence-electron chi connectivity index (χ1n) is 10.7. The van der Waals surface area contributed by atoms with Crippen LogP contribution < -0.4 is 15.1 Å². The zero-order chi connectivity index (χ0) is 20.9. The summed E-state index contributed by atoms with van der Waals surface area (Å²) in [4.78, 5) is 35.8. The molecule has 0 aliphatic carbocycles. The number of pyridine rings is 1. The van der Waals surface area contributed by atoms with Gasteiger partial charge in [-0.15, -0.1) is 0 Å². The molecule has 4 rings (SSSR count). The van der Waals surface area contributed by atoms with E-state index in [9.17, 15) is 9.59 Å². The van der Waals surface area contributed by atoms with Crippen LogP contribution in [0.2, 0.25) is 0 Å². The number of piperazine rings is 1. The van der Waals surface area contributed by atoms with Crippen LogP contribution in [0.4, 0.5) is 17.2 Å². The second-order valence-electron chi connectivity index (χ2n) is 7.93. The number of rotatable bonds is 4. The molecule has 0 spiro atoms. The van der Waals surface area contributed by atoms with Crippen LogP contribution >= 0.6 is 0 Å². The van der Waals surface area contributed by atoms with Crippen molar-refractivity contribution < 1.29 is 9.59 Å². The number of benzene rings is 1. The fourth-order valence-electron chi connectivity index (χ4n) is 4.24. The average molecular weight is 408 g/mol. The van der Waals surface area contributed by atoms with Gasteiger partial charge in [-0.05, 0) is 49.6 Å². The lowest BCUT2D eigenvalue weighted by molar-refractivity contribution is -0.114. The maximum absolute atomic E-state index is 13.4. The first kappa shape index (κ1) is 20.2. The van der Waals surface area contributed by atoms with Gasteiger partial charge in [0.1, 0.15) is 5.82 Å². The lowest BCUT2D eigenvalue weighted by Crippen LogP contribution is -2.49. The van der Waals surface area contributed by atoms with Gasteiger partial charge in [0.25, 0.3) is 5.91 Å². The molecule has 2 fully saturated rings. The molecule has 0 atom stereocenters. The molecule has 2 aliphatic heterocycles. The summed E-state index contributed by atoms with van der Waals surface area (Å²) in [5.74, 6) is 0.910. The Morgan fingerprint density at radius 3 is 2.33 bits per heavy atom. The summed E-state index contributed by atoms with van der Waals surface area (Å²) in [5.41, 5.74) is 2.38. The number of piperidine rings is 1. The molecule has 30 heavy (non-hydrogen) atoms. The number of hydrogen-bond donors (Lipinski definition) is 1. The molecule has 1 N–H and O–H groups in total. The van der Waals surface area contributed by atoms with Crippen LogP contribution in [-0.2, 0) is 4.79 Å². The fraction of sp³-hybridized carbons (Fsp3) is 0.435. The highest BCUT2D eigenvalue weighted by atomic mass is 16.2. The summed E-state index contributed by atoms with van der Waals surface area (Å²) >= 11 is 0. The summed E-state index contributed by atoms with van der Waals surface area (Å²) < 4.78 is 0. The molecule has 7 nitrogen and oxygen atoms in total. The van der Waals surface area contributed by atoms with Crippen molar-refractivity contribution >= 4 is 29.0 Å². The monoisotopic (exact) mass is 407 g/mol. The quantitative estimate of drug-likeness (QED) is 0.844. The molecule has 2 saturated heterocycles. The molecule has 0 bridgehead atoms. The van der Waals surface area contributed by atoms with Crippen LogP contribution in [0.1, 0.15) is 36.5 Å². The van der Waals surface area contributed by atoms with Crippen molar-refractivity contribution in [3.8, 4) is 0 Å². The zero-order valence-electron chi connectivity index (χ0n) is 17.5. The largest absolute Gasteiger partial charge is 0.371 e. The number of amides is 2. The first-order chi connectivity index (χ1) is 14.6. The van der Waals surface area contributed by atoms with E-state index < -0.39 is 0 Å². The number of hydrogen-bond acceptors (Lipinski definition) is 5. The number of aromatic nitrogens is 1. The third-order valence-electron chi connectivity index (χ3n) is 5.79.